The van der Waals surface area contributed by atoms with E-state index in [-0.39, 0.29) is 11.8 Å². The Labute approximate surface area is 159 Å². The predicted octanol–water partition coefficient (Wildman–Crippen LogP) is 2.69. The minimum Gasteiger partial charge on any atom is -0.497 e. The number of fused-ring (bicyclic) bond motifs is 2. The van der Waals surface area contributed by atoms with Gasteiger partial charge in [-0.25, -0.2) is 0 Å². The van der Waals surface area contributed by atoms with Crippen LogP contribution in [0.15, 0.2) is 42.5 Å². The molecular weight excluding hydrogens is 340 g/mol. The second-order valence-electron chi connectivity index (χ2n) is 7.50. The number of hydrogen-bond donors (Lipinski definition) is 0. The van der Waals surface area contributed by atoms with Crippen LogP contribution in [-0.2, 0) is 21.4 Å². The van der Waals surface area contributed by atoms with Crippen molar-refractivity contribution in [2.24, 2.45) is 0 Å². The largest absolute Gasteiger partial charge is 0.497 e. The molecule has 1 saturated heterocycles. The summed E-state index contributed by atoms with van der Waals surface area (Å²) in [5.74, 6) is 0.880. The van der Waals surface area contributed by atoms with Gasteiger partial charge in [0.2, 0.25) is 11.8 Å². The molecule has 1 atom stereocenters. The Bertz CT molecular complexity index is 924. The van der Waals surface area contributed by atoms with E-state index in [1.165, 1.54) is 0 Å². The van der Waals surface area contributed by atoms with Gasteiger partial charge >= 0.3 is 0 Å². The maximum Gasteiger partial charge on any atom is 0.239 e. The standard InChI is InChI=1S/C22H24N2O3/c1-15-6-4-5-7-16(15)12-20(25)24-11-10-22(14-24)18-13-17(27-3)8-9-19(18)23(2)21(22)26/h4-9,13H,10-12,14H2,1-3H3/t22-/m0/s1. The highest BCUT2D eigenvalue weighted by Crippen LogP contribution is 2.48. The van der Waals surface area contributed by atoms with Gasteiger partial charge in [0.25, 0.3) is 0 Å². The van der Waals surface area contributed by atoms with Crippen LogP contribution in [0.2, 0.25) is 0 Å². The van der Waals surface area contributed by atoms with E-state index < -0.39 is 5.41 Å². The van der Waals surface area contributed by atoms with Crippen molar-refractivity contribution in [1.82, 2.24) is 4.90 Å². The minimum absolute atomic E-state index is 0.0666. The summed E-state index contributed by atoms with van der Waals surface area (Å²) in [6, 6.07) is 13.7. The average molecular weight is 364 g/mol. The van der Waals surface area contributed by atoms with Crippen molar-refractivity contribution >= 4 is 17.5 Å². The van der Waals surface area contributed by atoms with Crippen molar-refractivity contribution in [3.8, 4) is 5.75 Å². The molecule has 5 heteroatoms. The number of nitrogens with zero attached hydrogens (tertiary/aromatic N) is 2. The molecule has 0 unspecified atom stereocenters. The van der Waals surface area contributed by atoms with Crippen LogP contribution in [0.3, 0.4) is 0 Å². The second-order valence-corrected chi connectivity index (χ2v) is 7.50. The van der Waals surface area contributed by atoms with Gasteiger partial charge in [0.05, 0.1) is 18.9 Å². The van der Waals surface area contributed by atoms with E-state index in [4.69, 9.17) is 4.74 Å². The molecule has 0 bridgehead atoms. The number of amides is 2. The maximum absolute atomic E-state index is 13.1. The minimum atomic E-state index is -0.653. The fourth-order valence-corrected chi connectivity index (χ4v) is 4.36. The number of likely N-dealkylation sites (N-methyl/N-ethyl adjacent to an activating group) is 1. The van der Waals surface area contributed by atoms with Crippen LogP contribution in [-0.4, -0.2) is 44.0 Å². The lowest BCUT2D eigenvalue weighted by atomic mass is 9.81. The topological polar surface area (TPSA) is 49.9 Å². The molecule has 2 heterocycles. The normalized spacial score (nSPS) is 21.1. The van der Waals surface area contributed by atoms with Gasteiger partial charge in [-0.3, -0.25) is 9.59 Å². The van der Waals surface area contributed by atoms with Crippen molar-refractivity contribution in [1.29, 1.82) is 0 Å². The fourth-order valence-electron chi connectivity index (χ4n) is 4.36. The average Bonchev–Trinajstić information content (AvgIpc) is 3.21. The monoisotopic (exact) mass is 364 g/mol. The van der Waals surface area contributed by atoms with E-state index in [1.807, 2.05) is 54.3 Å². The lowest BCUT2D eigenvalue weighted by molar-refractivity contribution is -0.130. The number of carbonyl (C=O) groups excluding carboxylic acids is 2. The Hall–Kier alpha value is -2.82. The van der Waals surface area contributed by atoms with Crippen molar-refractivity contribution in [3.63, 3.8) is 0 Å². The molecule has 4 rings (SSSR count). The van der Waals surface area contributed by atoms with Crippen molar-refractivity contribution in [3.05, 3.63) is 59.2 Å². The van der Waals surface area contributed by atoms with Gasteiger partial charge in [-0.15, -0.1) is 0 Å². The molecule has 0 aliphatic carbocycles. The summed E-state index contributed by atoms with van der Waals surface area (Å²) in [4.78, 5) is 29.6. The van der Waals surface area contributed by atoms with Gasteiger partial charge < -0.3 is 14.5 Å². The molecule has 27 heavy (non-hydrogen) atoms. The molecule has 2 aliphatic rings. The molecule has 0 aromatic heterocycles. The maximum atomic E-state index is 13.1. The SMILES string of the molecule is COc1ccc2c(c1)[C@@]1(CCN(C(=O)Cc3ccccc3C)C1)C(=O)N2C. The summed E-state index contributed by atoms with van der Waals surface area (Å²) in [7, 11) is 3.43. The Morgan fingerprint density at radius 2 is 2.00 bits per heavy atom. The highest BCUT2D eigenvalue weighted by Gasteiger charge is 2.54. The first-order chi connectivity index (χ1) is 13.0. The zero-order valence-corrected chi connectivity index (χ0v) is 16.0. The molecule has 140 valence electrons. The number of benzene rings is 2. The van der Waals surface area contributed by atoms with Crippen molar-refractivity contribution < 1.29 is 14.3 Å². The highest BCUT2D eigenvalue weighted by atomic mass is 16.5. The van der Waals surface area contributed by atoms with Crippen molar-refractivity contribution in [2.75, 3.05) is 32.1 Å². The third-order valence-electron chi connectivity index (χ3n) is 6.02. The molecule has 2 aromatic carbocycles. The molecule has 0 radical (unpaired) electrons. The zero-order valence-electron chi connectivity index (χ0n) is 16.0. The number of likely N-dealkylation sites (tertiary alicyclic amines) is 1. The molecular formula is C22H24N2O3. The molecule has 0 saturated carbocycles. The summed E-state index contributed by atoms with van der Waals surface area (Å²) >= 11 is 0. The van der Waals surface area contributed by atoms with Gasteiger partial charge in [-0.2, -0.15) is 0 Å². The summed E-state index contributed by atoms with van der Waals surface area (Å²) in [6.07, 6.45) is 1.02. The Morgan fingerprint density at radius 3 is 2.74 bits per heavy atom. The third kappa shape index (κ3) is 2.69. The number of carbonyl (C=O) groups is 2. The number of anilines is 1. The first-order valence-corrected chi connectivity index (χ1v) is 9.25. The number of rotatable bonds is 3. The zero-order chi connectivity index (χ0) is 19.2. The molecule has 2 aromatic rings. The van der Waals surface area contributed by atoms with E-state index in [0.29, 0.717) is 25.9 Å². The number of methoxy groups -OCH3 is 1. The summed E-state index contributed by atoms with van der Waals surface area (Å²) in [5, 5.41) is 0. The highest BCUT2D eigenvalue weighted by molar-refractivity contribution is 6.08. The van der Waals surface area contributed by atoms with Gasteiger partial charge in [-0.05, 0) is 48.2 Å². The summed E-state index contributed by atoms with van der Waals surface area (Å²) in [6.45, 7) is 3.05. The van der Waals surface area contributed by atoms with Crippen LogP contribution in [0.25, 0.3) is 0 Å². The van der Waals surface area contributed by atoms with Crippen LogP contribution in [0, 0.1) is 6.92 Å². The summed E-state index contributed by atoms with van der Waals surface area (Å²) < 4.78 is 5.37. The molecule has 0 N–H and O–H groups in total. The van der Waals surface area contributed by atoms with Gasteiger partial charge in [0, 0.05) is 25.8 Å². The number of hydrogen-bond acceptors (Lipinski definition) is 3. The van der Waals surface area contributed by atoms with Gasteiger partial charge in [0.1, 0.15) is 5.75 Å². The van der Waals surface area contributed by atoms with Gasteiger partial charge in [-0.1, -0.05) is 24.3 Å². The van der Waals surface area contributed by atoms with Gasteiger partial charge in [0.15, 0.2) is 0 Å². The lowest BCUT2D eigenvalue weighted by Crippen LogP contribution is -2.42. The number of aryl methyl sites for hydroxylation is 1. The molecule has 1 spiro atoms. The van der Waals surface area contributed by atoms with Crippen LogP contribution in [0.1, 0.15) is 23.1 Å². The van der Waals surface area contributed by atoms with Crippen molar-refractivity contribution in [2.45, 2.75) is 25.2 Å². The van der Waals surface area contributed by atoms with E-state index in [2.05, 4.69) is 0 Å². The first kappa shape index (κ1) is 17.6. The molecule has 5 nitrogen and oxygen atoms in total. The van der Waals surface area contributed by atoms with E-state index in [1.54, 1.807) is 19.1 Å². The predicted molar refractivity (Wildman–Crippen MR) is 104 cm³/mol. The Kier molecular flexibility index (Phi) is 4.17. The quantitative estimate of drug-likeness (QED) is 0.841. The van der Waals surface area contributed by atoms with Crippen LogP contribution in [0.4, 0.5) is 5.69 Å². The number of ether oxygens (including phenoxy) is 1. The van der Waals surface area contributed by atoms with E-state index in [9.17, 15) is 9.59 Å². The molecule has 1 fully saturated rings. The second kappa shape index (κ2) is 6.41. The Morgan fingerprint density at radius 1 is 1.22 bits per heavy atom. The fraction of sp³-hybridized carbons (Fsp3) is 0.364. The van der Waals surface area contributed by atoms with E-state index >= 15 is 0 Å². The lowest BCUT2D eigenvalue weighted by Gasteiger charge is -2.24. The summed E-state index contributed by atoms with van der Waals surface area (Å²) in [5.41, 5.74) is 3.39. The van der Waals surface area contributed by atoms with Crippen LogP contribution < -0.4 is 9.64 Å². The Balaban J connectivity index is 1.61. The van der Waals surface area contributed by atoms with Crippen LogP contribution in [0.5, 0.6) is 5.75 Å². The van der Waals surface area contributed by atoms with Crippen LogP contribution >= 0.6 is 0 Å². The smallest absolute Gasteiger partial charge is 0.239 e. The third-order valence-corrected chi connectivity index (χ3v) is 6.02. The molecule has 2 aliphatic heterocycles. The first-order valence-electron chi connectivity index (χ1n) is 9.25. The molecule has 2 amide bonds. The van der Waals surface area contributed by atoms with E-state index in [0.717, 1.165) is 28.1 Å².